The second kappa shape index (κ2) is 7.82. The van der Waals surface area contributed by atoms with Gasteiger partial charge in [0.2, 0.25) is 5.91 Å². The van der Waals surface area contributed by atoms with Crippen LogP contribution in [0.4, 0.5) is 0 Å². The number of carbonyl (C=O) groups excluding carboxylic acids is 1. The third-order valence-corrected chi connectivity index (χ3v) is 2.95. The van der Waals surface area contributed by atoms with Crippen LogP contribution in [0.15, 0.2) is 24.4 Å². The van der Waals surface area contributed by atoms with Crippen molar-refractivity contribution in [3.63, 3.8) is 0 Å². The number of likely N-dealkylation sites (N-methyl/N-ethyl adjacent to an activating group) is 1. The molecule has 0 bridgehead atoms. The Bertz CT molecular complexity index is 353. The normalized spacial score (nSPS) is 12.2. The Balaban J connectivity index is 2.32. The highest BCUT2D eigenvalue weighted by Crippen LogP contribution is 2.03. The van der Waals surface area contributed by atoms with E-state index in [1.54, 1.807) is 11.1 Å². The Hall–Kier alpha value is -1.42. The zero-order valence-corrected chi connectivity index (χ0v) is 11.3. The van der Waals surface area contributed by atoms with Crippen molar-refractivity contribution in [2.45, 2.75) is 38.6 Å². The molecule has 0 saturated heterocycles. The van der Waals surface area contributed by atoms with Gasteiger partial charge in [0, 0.05) is 44.4 Å². The van der Waals surface area contributed by atoms with Crippen LogP contribution >= 0.6 is 0 Å². The summed E-state index contributed by atoms with van der Waals surface area (Å²) in [6.45, 7) is 2.77. The number of carbonyl (C=O) groups is 1. The van der Waals surface area contributed by atoms with Crippen LogP contribution < -0.4 is 5.73 Å². The maximum absolute atomic E-state index is 11.9. The molecule has 1 rings (SSSR count). The van der Waals surface area contributed by atoms with E-state index in [1.807, 2.05) is 25.2 Å². The first-order chi connectivity index (χ1) is 8.63. The number of hydrogen-bond donors (Lipinski definition) is 1. The summed E-state index contributed by atoms with van der Waals surface area (Å²) in [6.07, 6.45) is 4.92. The van der Waals surface area contributed by atoms with Gasteiger partial charge >= 0.3 is 0 Å². The van der Waals surface area contributed by atoms with Crippen molar-refractivity contribution >= 4 is 5.91 Å². The smallest absolute Gasteiger partial charge is 0.223 e. The minimum Gasteiger partial charge on any atom is -0.345 e. The third kappa shape index (κ3) is 5.27. The van der Waals surface area contributed by atoms with Crippen molar-refractivity contribution < 1.29 is 4.79 Å². The van der Waals surface area contributed by atoms with E-state index in [0.717, 1.165) is 25.0 Å². The summed E-state index contributed by atoms with van der Waals surface area (Å²) in [5.41, 5.74) is 6.88. The van der Waals surface area contributed by atoms with E-state index in [-0.39, 0.29) is 11.9 Å². The number of rotatable bonds is 7. The van der Waals surface area contributed by atoms with Gasteiger partial charge in [-0.2, -0.15) is 0 Å². The lowest BCUT2D eigenvalue weighted by molar-refractivity contribution is -0.130. The SMILES string of the molecule is CCCC(N)CC(=O)N(C)CCc1ccccn1. The van der Waals surface area contributed by atoms with E-state index in [1.165, 1.54) is 0 Å². The van der Waals surface area contributed by atoms with Crippen molar-refractivity contribution in [3.05, 3.63) is 30.1 Å². The largest absolute Gasteiger partial charge is 0.345 e. The van der Waals surface area contributed by atoms with Crippen LogP contribution in [0.25, 0.3) is 0 Å². The maximum Gasteiger partial charge on any atom is 0.223 e. The first-order valence-electron chi connectivity index (χ1n) is 6.53. The van der Waals surface area contributed by atoms with Gasteiger partial charge in [0.15, 0.2) is 0 Å². The molecule has 0 aliphatic carbocycles. The quantitative estimate of drug-likeness (QED) is 0.798. The minimum atomic E-state index is -0.0141. The number of pyridine rings is 1. The lowest BCUT2D eigenvalue weighted by Crippen LogP contribution is -2.34. The molecule has 0 fully saturated rings. The van der Waals surface area contributed by atoms with Crippen molar-refractivity contribution in [1.82, 2.24) is 9.88 Å². The molecule has 0 aliphatic rings. The molecular formula is C14H23N3O. The fraction of sp³-hybridized carbons (Fsp3) is 0.571. The van der Waals surface area contributed by atoms with Crippen LogP contribution in [0.5, 0.6) is 0 Å². The standard InChI is InChI=1S/C14H23N3O/c1-3-6-12(15)11-14(18)17(2)10-8-13-7-4-5-9-16-13/h4-5,7,9,12H,3,6,8,10-11,15H2,1-2H3. The molecule has 0 aromatic carbocycles. The number of nitrogens with zero attached hydrogens (tertiary/aromatic N) is 2. The molecule has 0 spiro atoms. The van der Waals surface area contributed by atoms with Gasteiger partial charge in [0.25, 0.3) is 0 Å². The molecular weight excluding hydrogens is 226 g/mol. The molecule has 1 unspecified atom stereocenters. The number of aromatic nitrogens is 1. The summed E-state index contributed by atoms with van der Waals surface area (Å²) in [4.78, 5) is 17.9. The predicted octanol–water partition coefficient (Wildman–Crippen LogP) is 1.60. The number of nitrogens with two attached hydrogens (primary N) is 1. The van der Waals surface area contributed by atoms with Gasteiger partial charge in [0.05, 0.1) is 0 Å². The zero-order valence-electron chi connectivity index (χ0n) is 11.3. The van der Waals surface area contributed by atoms with Gasteiger partial charge < -0.3 is 10.6 Å². The molecule has 0 radical (unpaired) electrons. The Morgan fingerprint density at radius 1 is 1.50 bits per heavy atom. The average Bonchev–Trinajstić information content (AvgIpc) is 2.37. The van der Waals surface area contributed by atoms with Gasteiger partial charge in [-0.3, -0.25) is 9.78 Å². The molecule has 4 nitrogen and oxygen atoms in total. The summed E-state index contributed by atoms with van der Waals surface area (Å²) >= 11 is 0. The monoisotopic (exact) mass is 249 g/mol. The number of hydrogen-bond acceptors (Lipinski definition) is 3. The molecule has 2 N–H and O–H groups in total. The molecule has 1 aromatic rings. The summed E-state index contributed by atoms with van der Waals surface area (Å²) in [7, 11) is 1.82. The van der Waals surface area contributed by atoms with Crippen LogP contribution in [0, 0.1) is 0 Å². The van der Waals surface area contributed by atoms with Gasteiger partial charge in [-0.15, -0.1) is 0 Å². The maximum atomic E-state index is 11.9. The second-order valence-electron chi connectivity index (χ2n) is 4.64. The summed E-state index contributed by atoms with van der Waals surface area (Å²) < 4.78 is 0. The Morgan fingerprint density at radius 3 is 2.89 bits per heavy atom. The summed E-state index contributed by atoms with van der Waals surface area (Å²) in [5, 5.41) is 0. The first-order valence-corrected chi connectivity index (χ1v) is 6.53. The van der Waals surface area contributed by atoms with Crippen LogP contribution in [0.1, 0.15) is 31.9 Å². The van der Waals surface area contributed by atoms with Crippen molar-refractivity contribution in [2.75, 3.05) is 13.6 Å². The lowest BCUT2D eigenvalue weighted by Gasteiger charge is -2.19. The van der Waals surface area contributed by atoms with Gasteiger partial charge in [-0.25, -0.2) is 0 Å². The van der Waals surface area contributed by atoms with Crippen molar-refractivity contribution in [3.8, 4) is 0 Å². The van der Waals surface area contributed by atoms with E-state index >= 15 is 0 Å². The topological polar surface area (TPSA) is 59.2 Å². The average molecular weight is 249 g/mol. The Kier molecular flexibility index (Phi) is 6.36. The van der Waals surface area contributed by atoms with Gasteiger partial charge in [-0.05, 0) is 18.6 Å². The summed E-state index contributed by atoms with van der Waals surface area (Å²) in [5.74, 6) is 0.117. The van der Waals surface area contributed by atoms with E-state index in [0.29, 0.717) is 13.0 Å². The molecule has 1 amide bonds. The van der Waals surface area contributed by atoms with E-state index < -0.39 is 0 Å². The van der Waals surface area contributed by atoms with Gasteiger partial charge in [0.1, 0.15) is 0 Å². The molecule has 18 heavy (non-hydrogen) atoms. The predicted molar refractivity (Wildman–Crippen MR) is 73.1 cm³/mol. The molecule has 1 heterocycles. The third-order valence-electron chi connectivity index (χ3n) is 2.95. The van der Waals surface area contributed by atoms with Crippen LogP contribution in [-0.4, -0.2) is 35.4 Å². The van der Waals surface area contributed by atoms with Crippen LogP contribution in [0.2, 0.25) is 0 Å². The highest BCUT2D eigenvalue weighted by atomic mass is 16.2. The Labute approximate surface area is 109 Å². The molecule has 1 aromatic heterocycles. The molecule has 1 atom stereocenters. The highest BCUT2D eigenvalue weighted by Gasteiger charge is 2.13. The van der Waals surface area contributed by atoms with E-state index in [2.05, 4.69) is 11.9 Å². The minimum absolute atomic E-state index is 0.0141. The highest BCUT2D eigenvalue weighted by molar-refractivity contribution is 5.76. The zero-order chi connectivity index (χ0) is 13.4. The van der Waals surface area contributed by atoms with Crippen molar-refractivity contribution in [1.29, 1.82) is 0 Å². The Morgan fingerprint density at radius 2 is 2.28 bits per heavy atom. The van der Waals surface area contributed by atoms with Crippen LogP contribution in [-0.2, 0) is 11.2 Å². The van der Waals surface area contributed by atoms with Gasteiger partial charge in [-0.1, -0.05) is 19.4 Å². The molecule has 0 aliphatic heterocycles. The van der Waals surface area contributed by atoms with E-state index in [4.69, 9.17) is 5.73 Å². The first kappa shape index (κ1) is 14.6. The lowest BCUT2D eigenvalue weighted by atomic mass is 10.1. The fourth-order valence-electron chi connectivity index (χ4n) is 1.81. The number of amides is 1. The molecule has 100 valence electrons. The van der Waals surface area contributed by atoms with Crippen LogP contribution in [0.3, 0.4) is 0 Å². The van der Waals surface area contributed by atoms with Crippen molar-refractivity contribution in [2.24, 2.45) is 5.73 Å². The fourth-order valence-corrected chi connectivity index (χ4v) is 1.81. The summed E-state index contributed by atoms with van der Waals surface area (Å²) in [6, 6.07) is 5.81. The van der Waals surface area contributed by atoms with E-state index in [9.17, 15) is 4.79 Å². The molecule has 4 heteroatoms. The molecule has 0 saturated carbocycles. The second-order valence-corrected chi connectivity index (χ2v) is 4.64.